The number of Topliss-reactive ketones (excluding diaryl/α,β-unsaturated/α-hetero) is 1. The summed E-state index contributed by atoms with van der Waals surface area (Å²) < 4.78 is 5.27. The van der Waals surface area contributed by atoms with Crippen molar-refractivity contribution >= 4 is 17.7 Å². The second-order valence-electron chi connectivity index (χ2n) is 7.81. The van der Waals surface area contributed by atoms with Gasteiger partial charge in [0.25, 0.3) is 0 Å². The third-order valence-corrected chi connectivity index (χ3v) is 4.56. The molecular weight excluding hydrogens is 356 g/mol. The van der Waals surface area contributed by atoms with Crippen LogP contribution < -0.4 is 0 Å². The lowest BCUT2D eigenvalue weighted by Gasteiger charge is -2.36. The Bertz CT molecular complexity index is 775. The molecule has 0 spiro atoms. The van der Waals surface area contributed by atoms with Crippen LogP contribution in [0.2, 0.25) is 0 Å². The maximum atomic E-state index is 12.7. The Balaban J connectivity index is 2.97. The minimum Gasteiger partial charge on any atom is -0.481 e. The van der Waals surface area contributed by atoms with Gasteiger partial charge in [0, 0.05) is 6.42 Å². The van der Waals surface area contributed by atoms with Crippen molar-refractivity contribution in [3.63, 3.8) is 0 Å². The minimum atomic E-state index is -1.07. The molecule has 1 atom stereocenters. The molecule has 0 radical (unpaired) electrons. The molecule has 0 heterocycles. The molecule has 0 aliphatic heterocycles. The Kier molecular flexibility index (Phi) is 8.35. The molecule has 0 saturated heterocycles. The van der Waals surface area contributed by atoms with Crippen molar-refractivity contribution in [2.75, 3.05) is 0 Å². The first-order valence-corrected chi connectivity index (χ1v) is 9.29. The van der Waals surface area contributed by atoms with Crippen molar-refractivity contribution in [2.45, 2.75) is 60.0 Å². The monoisotopic (exact) mass is 386 g/mol. The second-order valence-corrected chi connectivity index (χ2v) is 7.81. The quantitative estimate of drug-likeness (QED) is 0.482. The summed E-state index contributed by atoms with van der Waals surface area (Å²) in [4.78, 5) is 35.1. The molecule has 0 fully saturated rings. The van der Waals surface area contributed by atoms with E-state index in [-0.39, 0.29) is 24.0 Å². The van der Waals surface area contributed by atoms with E-state index in [0.29, 0.717) is 12.0 Å². The van der Waals surface area contributed by atoms with Crippen LogP contribution in [0.4, 0.5) is 0 Å². The van der Waals surface area contributed by atoms with Crippen LogP contribution in [0.15, 0.2) is 59.3 Å². The first kappa shape index (κ1) is 23.3. The highest BCUT2D eigenvalue weighted by Crippen LogP contribution is 2.40. The number of ether oxygens (including phenoxy) is 1. The Morgan fingerprint density at radius 3 is 2.46 bits per heavy atom. The van der Waals surface area contributed by atoms with E-state index in [9.17, 15) is 14.4 Å². The normalized spacial score (nSPS) is 20.1. The lowest BCUT2D eigenvalue weighted by atomic mass is 9.71. The predicted octanol–water partition coefficient (Wildman–Crippen LogP) is 4.71. The van der Waals surface area contributed by atoms with E-state index in [4.69, 9.17) is 9.84 Å². The predicted molar refractivity (Wildman–Crippen MR) is 110 cm³/mol. The fraction of sp³-hybridized carbons (Fsp3) is 0.435. The van der Waals surface area contributed by atoms with Gasteiger partial charge >= 0.3 is 11.9 Å². The van der Waals surface area contributed by atoms with Crippen molar-refractivity contribution in [2.24, 2.45) is 5.41 Å². The fourth-order valence-corrected chi connectivity index (χ4v) is 3.05. The number of carbonyl (C=O) groups is 3. The number of carbonyl (C=O) groups excluding carboxylic acids is 2. The van der Waals surface area contributed by atoms with Gasteiger partial charge < -0.3 is 9.84 Å². The van der Waals surface area contributed by atoms with E-state index in [1.165, 1.54) is 0 Å². The van der Waals surface area contributed by atoms with Gasteiger partial charge in [-0.3, -0.25) is 14.4 Å². The minimum absolute atomic E-state index is 0.230. The van der Waals surface area contributed by atoms with Crippen molar-refractivity contribution in [1.29, 1.82) is 0 Å². The number of carboxylic acid groups (broad SMARTS) is 1. The van der Waals surface area contributed by atoms with E-state index in [2.05, 4.69) is 6.58 Å². The van der Waals surface area contributed by atoms with Gasteiger partial charge in [-0.05, 0) is 37.3 Å². The number of aliphatic carboxylic acids is 1. The van der Waals surface area contributed by atoms with Gasteiger partial charge in [0.1, 0.15) is 0 Å². The van der Waals surface area contributed by atoms with Crippen LogP contribution in [-0.2, 0) is 19.1 Å². The topological polar surface area (TPSA) is 80.7 Å². The summed E-state index contributed by atoms with van der Waals surface area (Å²) in [5, 5.41) is 8.66. The van der Waals surface area contributed by atoms with Gasteiger partial charge in [-0.1, -0.05) is 62.0 Å². The molecule has 5 nitrogen and oxygen atoms in total. The molecule has 0 aromatic carbocycles. The standard InChI is InChI=1S/C23H30O5/c1-15(2)8-7-9-16(3)10-11-18-17(4)22(27)19(14-23(18,5)6)28-21(26)13-12-20(24)25/h7-11,19H,1,12-14H2,2-6H3,(H,24,25)/b8-7+,11-10+,16-9+. The number of allylic oxidation sites excluding steroid dienone is 8. The number of carboxylic acids is 1. The van der Waals surface area contributed by atoms with Crippen LogP contribution >= 0.6 is 0 Å². The first-order chi connectivity index (χ1) is 12.9. The Morgan fingerprint density at radius 1 is 1.25 bits per heavy atom. The summed E-state index contributed by atoms with van der Waals surface area (Å²) in [5.41, 5.74) is 3.11. The van der Waals surface area contributed by atoms with Crippen molar-refractivity contribution < 1.29 is 24.2 Å². The molecule has 152 valence electrons. The highest BCUT2D eigenvalue weighted by molar-refractivity contribution is 6.01. The first-order valence-electron chi connectivity index (χ1n) is 9.29. The summed E-state index contributed by atoms with van der Waals surface area (Å²) in [6, 6.07) is 0. The zero-order valence-electron chi connectivity index (χ0n) is 17.4. The summed E-state index contributed by atoms with van der Waals surface area (Å²) in [5.74, 6) is -1.96. The molecule has 0 amide bonds. The number of rotatable bonds is 8. The van der Waals surface area contributed by atoms with E-state index in [1.807, 2.05) is 58.1 Å². The molecule has 0 saturated carbocycles. The van der Waals surface area contributed by atoms with Crippen LogP contribution in [0, 0.1) is 5.41 Å². The van der Waals surface area contributed by atoms with Gasteiger partial charge in [-0.2, -0.15) is 0 Å². The van der Waals surface area contributed by atoms with Gasteiger partial charge in [-0.25, -0.2) is 0 Å². The molecule has 1 unspecified atom stereocenters. The van der Waals surface area contributed by atoms with Crippen LogP contribution in [-0.4, -0.2) is 28.9 Å². The molecule has 1 N–H and O–H groups in total. The number of hydrogen-bond donors (Lipinski definition) is 1. The average molecular weight is 386 g/mol. The third kappa shape index (κ3) is 7.14. The smallest absolute Gasteiger partial charge is 0.307 e. The Labute approximate surface area is 167 Å². The Hall–Kier alpha value is -2.69. The maximum absolute atomic E-state index is 12.7. The van der Waals surface area contributed by atoms with E-state index in [0.717, 1.165) is 16.7 Å². The molecule has 0 bridgehead atoms. The largest absolute Gasteiger partial charge is 0.481 e. The number of ketones is 1. The van der Waals surface area contributed by atoms with E-state index < -0.39 is 18.0 Å². The SMILES string of the molecule is C=C(C)/C=C/C=C(C)/C=C/C1=C(C)C(=O)C(OC(=O)CCC(=O)O)CC1(C)C. The second kappa shape index (κ2) is 10.0. The highest BCUT2D eigenvalue weighted by atomic mass is 16.5. The van der Waals surface area contributed by atoms with Crippen molar-refractivity contribution in [1.82, 2.24) is 0 Å². The zero-order valence-corrected chi connectivity index (χ0v) is 17.4. The molecular formula is C23H30O5. The Morgan fingerprint density at radius 2 is 1.89 bits per heavy atom. The maximum Gasteiger partial charge on any atom is 0.307 e. The molecule has 1 aliphatic rings. The van der Waals surface area contributed by atoms with Gasteiger partial charge in [-0.15, -0.1) is 0 Å². The summed E-state index contributed by atoms with van der Waals surface area (Å²) >= 11 is 0. The zero-order chi connectivity index (χ0) is 21.5. The lowest BCUT2D eigenvalue weighted by Crippen LogP contribution is -2.39. The number of esters is 1. The third-order valence-electron chi connectivity index (χ3n) is 4.56. The van der Waals surface area contributed by atoms with Crippen molar-refractivity contribution in [3.8, 4) is 0 Å². The highest BCUT2D eigenvalue weighted by Gasteiger charge is 2.39. The summed E-state index contributed by atoms with van der Waals surface area (Å²) in [6.07, 6.45) is 8.64. The van der Waals surface area contributed by atoms with Crippen LogP contribution in [0.25, 0.3) is 0 Å². The molecule has 5 heteroatoms. The van der Waals surface area contributed by atoms with E-state index in [1.54, 1.807) is 6.92 Å². The molecule has 1 rings (SSSR count). The molecule has 0 aromatic rings. The van der Waals surface area contributed by atoms with Crippen LogP contribution in [0.3, 0.4) is 0 Å². The average Bonchev–Trinajstić information content (AvgIpc) is 2.56. The van der Waals surface area contributed by atoms with Crippen LogP contribution in [0.1, 0.15) is 53.9 Å². The molecule has 28 heavy (non-hydrogen) atoms. The van der Waals surface area contributed by atoms with Gasteiger partial charge in [0.05, 0.1) is 12.8 Å². The van der Waals surface area contributed by atoms with Crippen LogP contribution in [0.5, 0.6) is 0 Å². The van der Waals surface area contributed by atoms with Gasteiger partial charge in [0.2, 0.25) is 0 Å². The summed E-state index contributed by atoms with van der Waals surface area (Å²) in [7, 11) is 0. The van der Waals surface area contributed by atoms with Crippen molar-refractivity contribution in [3.05, 3.63) is 59.3 Å². The number of hydrogen-bond acceptors (Lipinski definition) is 4. The van der Waals surface area contributed by atoms with E-state index >= 15 is 0 Å². The van der Waals surface area contributed by atoms with Gasteiger partial charge in [0.15, 0.2) is 11.9 Å². The molecule has 0 aromatic heterocycles. The molecule has 1 aliphatic carbocycles. The summed E-state index contributed by atoms with van der Waals surface area (Å²) in [6.45, 7) is 13.4. The lowest BCUT2D eigenvalue weighted by molar-refractivity contribution is -0.157. The fourth-order valence-electron chi connectivity index (χ4n) is 3.05.